The molecule has 0 saturated heterocycles. The number of aryl methyl sites for hydroxylation is 2. The monoisotopic (exact) mass is 318 g/mol. The van der Waals surface area contributed by atoms with Crippen LogP contribution in [0.3, 0.4) is 0 Å². The van der Waals surface area contributed by atoms with Crippen LogP contribution >= 0.6 is 23.6 Å². The molecule has 1 heterocycles. The topological polar surface area (TPSA) is 24.1 Å². The summed E-state index contributed by atoms with van der Waals surface area (Å²) >= 11 is 7.09. The number of thiophene rings is 1. The van der Waals surface area contributed by atoms with Crippen LogP contribution in [-0.2, 0) is 13.0 Å². The Bertz CT molecular complexity index is 576. The van der Waals surface area contributed by atoms with E-state index in [4.69, 9.17) is 12.2 Å². The Morgan fingerprint density at radius 1 is 1.29 bits per heavy atom. The molecule has 2 nitrogen and oxygen atoms in total. The molecule has 2 rings (SSSR count). The molecular weight excluding hydrogens is 296 g/mol. The van der Waals surface area contributed by atoms with Crippen molar-refractivity contribution >= 4 is 34.4 Å². The largest absolute Gasteiger partial charge is 0.358 e. The lowest BCUT2D eigenvalue weighted by atomic mass is 10.0. The van der Waals surface area contributed by atoms with Gasteiger partial charge in [-0.3, -0.25) is 0 Å². The third-order valence-electron chi connectivity index (χ3n) is 3.36. The van der Waals surface area contributed by atoms with Gasteiger partial charge in [0, 0.05) is 10.6 Å². The first kappa shape index (κ1) is 16.0. The Balaban J connectivity index is 1.88. The van der Waals surface area contributed by atoms with Crippen molar-refractivity contribution in [2.24, 2.45) is 0 Å². The molecule has 0 atom stereocenters. The van der Waals surface area contributed by atoms with Gasteiger partial charge >= 0.3 is 0 Å². The number of thiocarbonyl (C=S) groups is 1. The SMILES string of the molecule is CCCCc1ccc(NC(=S)NCc2cccs2)c(C)c1. The molecule has 0 bridgehead atoms. The maximum Gasteiger partial charge on any atom is 0.171 e. The van der Waals surface area contributed by atoms with Crippen LogP contribution in [0.5, 0.6) is 0 Å². The third kappa shape index (κ3) is 5.14. The van der Waals surface area contributed by atoms with Crippen molar-refractivity contribution in [3.63, 3.8) is 0 Å². The molecule has 112 valence electrons. The summed E-state index contributed by atoms with van der Waals surface area (Å²) in [5.41, 5.74) is 3.72. The van der Waals surface area contributed by atoms with Gasteiger partial charge < -0.3 is 10.6 Å². The van der Waals surface area contributed by atoms with Gasteiger partial charge in [-0.15, -0.1) is 11.3 Å². The van der Waals surface area contributed by atoms with Crippen LogP contribution in [0.25, 0.3) is 0 Å². The van der Waals surface area contributed by atoms with Gasteiger partial charge in [0.1, 0.15) is 0 Å². The number of rotatable bonds is 6. The minimum absolute atomic E-state index is 0.674. The van der Waals surface area contributed by atoms with E-state index in [1.165, 1.54) is 28.8 Å². The molecule has 0 unspecified atom stereocenters. The summed E-state index contributed by atoms with van der Waals surface area (Å²) in [6.45, 7) is 5.12. The summed E-state index contributed by atoms with van der Waals surface area (Å²) in [6, 6.07) is 10.7. The fourth-order valence-corrected chi connectivity index (χ4v) is 2.98. The quantitative estimate of drug-likeness (QED) is 0.742. The molecule has 0 saturated carbocycles. The predicted octanol–water partition coefficient (Wildman–Crippen LogP) is 4.89. The van der Waals surface area contributed by atoms with Gasteiger partial charge in [0.05, 0.1) is 6.54 Å². The Morgan fingerprint density at radius 2 is 2.14 bits per heavy atom. The summed E-state index contributed by atoms with van der Waals surface area (Å²) in [5.74, 6) is 0. The zero-order chi connectivity index (χ0) is 15.1. The highest BCUT2D eigenvalue weighted by Crippen LogP contribution is 2.18. The van der Waals surface area contributed by atoms with E-state index in [1.807, 2.05) is 0 Å². The highest BCUT2D eigenvalue weighted by Gasteiger charge is 2.03. The number of nitrogens with one attached hydrogen (secondary N) is 2. The van der Waals surface area contributed by atoms with Gasteiger partial charge in [-0.05, 0) is 60.6 Å². The summed E-state index contributed by atoms with van der Waals surface area (Å²) in [5, 5.41) is 9.27. The van der Waals surface area contributed by atoms with Gasteiger partial charge in [-0.1, -0.05) is 31.5 Å². The van der Waals surface area contributed by atoms with E-state index in [0.29, 0.717) is 5.11 Å². The molecule has 4 heteroatoms. The van der Waals surface area contributed by atoms with Crippen molar-refractivity contribution in [2.75, 3.05) is 5.32 Å². The van der Waals surface area contributed by atoms with E-state index in [9.17, 15) is 0 Å². The first-order valence-corrected chi connectivity index (χ1v) is 8.64. The number of hydrogen-bond donors (Lipinski definition) is 2. The van der Waals surface area contributed by atoms with Crippen molar-refractivity contribution in [3.8, 4) is 0 Å². The second-order valence-corrected chi connectivity index (χ2v) is 6.58. The fourth-order valence-electron chi connectivity index (χ4n) is 2.15. The standard InChI is InChI=1S/C17H22N2S2/c1-3-4-6-14-8-9-16(13(2)11-14)19-17(20)18-12-15-7-5-10-21-15/h5,7-11H,3-4,6,12H2,1-2H3,(H2,18,19,20). The maximum atomic E-state index is 5.35. The van der Waals surface area contributed by atoms with E-state index in [1.54, 1.807) is 11.3 Å². The van der Waals surface area contributed by atoms with Crippen LogP contribution in [-0.4, -0.2) is 5.11 Å². The molecular formula is C17H22N2S2. The molecule has 21 heavy (non-hydrogen) atoms. The molecule has 0 aliphatic carbocycles. The second-order valence-electron chi connectivity index (χ2n) is 5.14. The van der Waals surface area contributed by atoms with E-state index >= 15 is 0 Å². The van der Waals surface area contributed by atoms with Gasteiger partial charge in [0.25, 0.3) is 0 Å². The summed E-state index contributed by atoms with van der Waals surface area (Å²) in [6.07, 6.45) is 3.63. The molecule has 0 fully saturated rings. The Hall–Kier alpha value is -1.39. The van der Waals surface area contributed by atoms with Gasteiger partial charge in [0.2, 0.25) is 0 Å². The summed E-state index contributed by atoms with van der Waals surface area (Å²) in [4.78, 5) is 1.28. The van der Waals surface area contributed by atoms with Crippen LogP contribution in [0.15, 0.2) is 35.7 Å². The Morgan fingerprint density at radius 3 is 2.81 bits per heavy atom. The number of hydrogen-bond acceptors (Lipinski definition) is 2. The molecule has 2 N–H and O–H groups in total. The molecule has 0 radical (unpaired) electrons. The fraction of sp³-hybridized carbons (Fsp3) is 0.353. The molecule has 0 aliphatic rings. The second kappa shape index (κ2) is 8.15. The van der Waals surface area contributed by atoms with E-state index < -0.39 is 0 Å². The smallest absolute Gasteiger partial charge is 0.171 e. The van der Waals surface area contributed by atoms with E-state index in [0.717, 1.165) is 18.7 Å². The number of unbranched alkanes of at least 4 members (excludes halogenated alkanes) is 1. The molecule has 0 amide bonds. The van der Waals surface area contributed by atoms with Crippen LogP contribution < -0.4 is 10.6 Å². The van der Waals surface area contributed by atoms with Crippen LogP contribution in [0.2, 0.25) is 0 Å². The van der Waals surface area contributed by atoms with Crippen LogP contribution in [0.1, 0.15) is 35.8 Å². The highest BCUT2D eigenvalue weighted by molar-refractivity contribution is 7.80. The minimum atomic E-state index is 0.674. The average Bonchev–Trinajstić information content (AvgIpc) is 2.99. The Labute approximate surface area is 136 Å². The number of benzene rings is 1. The zero-order valence-corrected chi connectivity index (χ0v) is 14.2. The molecule has 0 spiro atoms. The molecule has 1 aromatic carbocycles. The van der Waals surface area contributed by atoms with Crippen LogP contribution in [0.4, 0.5) is 5.69 Å². The van der Waals surface area contributed by atoms with Crippen LogP contribution in [0, 0.1) is 6.92 Å². The predicted molar refractivity (Wildman–Crippen MR) is 97.2 cm³/mol. The zero-order valence-electron chi connectivity index (χ0n) is 12.6. The van der Waals surface area contributed by atoms with Crippen molar-refractivity contribution in [1.29, 1.82) is 0 Å². The maximum absolute atomic E-state index is 5.35. The van der Waals surface area contributed by atoms with E-state index in [-0.39, 0.29) is 0 Å². The van der Waals surface area contributed by atoms with Crippen molar-refractivity contribution in [3.05, 3.63) is 51.7 Å². The van der Waals surface area contributed by atoms with Gasteiger partial charge in [0.15, 0.2) is 5.11 Å². The average molecular weight is 319 g/mol. The molecule has 0 aliphatic heterocycles. The third-order valence-corrected chi connectivity index (χ3v) is 4.48. The Kier molecular flexibility index (Phi) is 6.21. The number of anilines is 1. The lowest BCUT2D eigenvalue weighted by molar-refractivity contribution is 0.794. The molecule has 1 aromatic heterocycles. The van der Waals surface area contributed by atoms with Gasteiger partial charge in [-0.2, -0.15) is 0 Å². The summed E-state index contributed by atoms with van der Waals surface area (Å²) < 4.78 is 0. The lowest BCUT2D eigenvalue weighted by Gasteiger charge is -2.13. The van der Waals surface area contributed by atoms with Crippen molar-refractivity contribution in [2.45, 2.75) is 39.7 Å². The lowest BCUT2D eigenvalue weighted by Crippen LogP contribution is -2.27. The first-order chi connectivity index (χ1) is 10.2. The van der Waals surface area contributed by atoms with Gasteiger partial charge in [-0.25, -0.2) is 0 Å². The minimum Gasteiger partial charge on any atom is -0.358 e. The molecule has 2 aromatic rings. The van der Waals surface area contributed by atoms with Crippen molar-refractivity contribution < 1.29 is 0 Å². The summed E-state index contributed by atoms with van der Waals surface area (Å²) in [7, 11) is 0. The first-order valence-electron chi connectivity index (χ1n) is 7.36. The van der Waals surface area contributed by atoms with Crippen molar-refractivity contribution in [1.82, 2.24) is 5.32 Å². The normalized spacial score (nSPS) is 10.4. The van der Waals surface area contributed by atoms with E-state index in [2.05, 4.69) is 60.2 Å². The highest BCUT2D eigenvalue weighted by atomic mass is 32.1.